The summed E-state index contributed by atoms with van der Waals surface area (Å²) in [5.41, 5.74) is 0.0971. The predicted octanol–water partition coefficient (Wildman–Crippen LogP) is 0.947. The third-order valence-electron chi connectivity index (χ3n) is 3.20. The smallest absolute Gasteiger partial charge is 0.224 e. The number of amides is 1. The Morgan fingerprint density at radius 2 is 2.59 bits per heavy atom. The lowest BCUT2D eigenvalue weighted by atomic mass is 9.96. The number of carbonyl (C=O) groups is 1. The lowest BCUT2D eigenvalue weighted by Crippen LogP contribution is -2.47. The van der Waals surface area contributed by atoms with E-state index >= 15 is 0 Å². The first-order valence-corrected chi connectivity index (χ1v) is 6.66. The number of ether oxygens (including phenoxy) is 1. The number of aliphatic hydroxyl groups is 1. The van der Waals surface area contributed by atoms with E-state index < -0.39 is 5.60 Å². The highest BCUT2D eigenvalue weighted by atomic mass is 32.1. The van der Waals surface area contributed by atoms with Crippen molar-refractivity contribution in [3.8, 4) is 0 Å². The number of hydrogen-bond acceptors (Lipinski definition) is 4. The second-order valence-corrected chi connectivity index (χ2v) is 5.23. The van der Waals surface area contributed by atoms with E-state index in [-0.39, 0.29) is 18.6 Å². The fourth-order valence-electron chi connectivity index (χ4n) is 1.90. The van der Waals surface area contributed by atoms with E-state index in [1.165, 1.54) is 0 Å². The molecule has 17 heavy (non-hydrogen) atoms. The Hall–Kier alpha value is -0.910. The van der Waals surface area contributed by atoms with Gasteiger partial charge in [-0.1, -0.05) is 0 Å². The van der Waals surface area contributed by atoms with Crippen molar-refractivity contribution in [2.45, 2.75) is 31.5 Å². The van der Waals surface area contributed by atoms with Crippen LogP contribution in [0, 0.1) is 0 Å². The minimum atomic E-state index is -0.912. The highest BCUT2D eigenvalue weighted by molar-refractivity contribution is 7.07. The molecule has 2 heterocycles. The van der Waals surface area contributed by atoms with E-state index in [1.54, 1.807) is 11.3 Å². The quantitative estimate of drug-likeness (QED) is 0.842. The molecule has 2 N–H and O–H groups in total. The van der Waals surface area contributed by atoms with Crippen LogP contribution in [-0.2, 0) is 16.0 Å². The van der Waals surface area contributed by atoms with Crippen molar-refractivity contribution < 1.29 is 14.6 Å². The summed E-state index contributed by atoms with van der Waals surface area (Å²) in [4.78, 5) is 11.7. The molecule has 0 bridgehead atoms. The lowest BCUT2D eigenvalue weighted by molar-refractivity contribution is -0.122. The second-order valence-electron chi connectivity index (χ2n) is 4.45. The number of nitrogens with one attached hydrogen (secondary N) is 1. The number of thiophene rings is 1. The fraction of sp³-hybridized carbons (Fsp3) is 0.583. The van der Waals surface area contributed by atoms with Crippen LogP contribution in [0.4, 0.5) is 0 Å². The summed E-state index contributed by atoms with van der Waals surface area (Å²) in [5, 5.41) is 16.9. The van der Waals surface area contributed by atoms with E-state index in [9.17, 15) is 9.90 Å². The maximum absolute atomic E-state index is 11.7. The summed E-state index contributed by atoms with van der Waals surface area (Å²) >= 11 is 1.58. The molecule has 0 aliphatic carbocycles. The molecule has 5 heteroatoms. The van der Waals surface area contributed by atoms with Crippen molar-refractivity contribution >= 4 is 17.2 Å². The molecule has 4 nitrogen and oxygen atoms in total. The van der Waals surface area contributed by atoms with Gasteiger partial charge in [0.15, 0.2) is 0 Å². The summed E-state index contributed by atoms with van der Waals surface area (Å²) < 4.78 is 5.31. The molecule has 1 aromatic rings. The third kappa shape index (κ3) is 3.06. The average Bonchev–Trinajstić information content (AvgIpc) is 2.89. The first-order chi connectivity index (χ1) is 8.10. The monoisotopic (exact) mass is 255 g/mol. The Morgan fingerprint density at radius 3 is 3.18 bits per heavy atom. The molecule has 1 saturated heterocycles. The summed E-state index contributed by atoms with van der Waals surface area (Å²) in [6.07, 6.45) is 0.728. The van der Waals surface area contributed by atoms with E-state index in [0.717, 1.165) is 5.56 Å². The molecule has 0 spiro atoms. The van der Waals surface area contributed by atoms with E-state index in [1.807, 2.05) is 23.8 Å². The maximum Gasteiger partial charge on any atom is 0.224 e. The largest absolute Gasteiger partial charge is 0.385 e. The topological polar surface area (TPSA) is 58.6 Å². The minimum absolute atomic E-state index is 0.0593. The van der Waals surface area contributed by atoms with Gasteiger partial charge in [0.2, 0.25) is 5.91 Å². The fourth-order valence-corrected chi connectivity index (χ4v) is 2.56. The van der Waals surface area contributed by atoms with Crippen molar-refractivity contribution in [3.05, 3.63) is 22.4 Å². The van der Waals surface area contributed by atoms with Gasteiger partial charge in [0.1, 0.15) is 5.60 Å². The molecular weight excluding hydrogens is 238 g/mol. The van der Waals surface area contributed by atoms with Crippen LogP contribution in [0.25, 0.3) is 0 Å². The zero-order valence-electron chi connectivity index (χ0n) is 9.81. The van der Waals surface area contributed by atoms with Crippen LogP contribution in [0.2, 0.25) is 0 Å². The second kappa shape index (κ2) is 5.16. The Kier molecular flexibility index (Phi) is 3.81. The normalized spacial score (nSPS) is 28.2. The van der Waals surface area contributed by atoms with Crippen LogP contribution in [0.5, 0.6) is 0 Å². The SMILES string of the molecule is CC1OCCC1(O)CNC(=O)Cc1ccsc1. The minimum Gasteiger partial charge on any atom is -0.385 e. The van der Waals surface area contributed by atoms with Crippen LogP contribution in [0.15, 0.2) is 16.8 Å². The lowest BCUT2D eigenvalue weighted by Gasteiger charge is -2.26. The van der Waals surface area contributed by atoms with E-state index in [2.05, 4.69) is 5.32 Å². The van der Waals surface area contributed by atoms with Crippen molar-refractivity contribution in [2.75, 3.05) is 13.2 Å². The summed E-state index contributed by atoms with van der Waals surface area (Å²) in [5.74, 6) is -0.0593. The third-order valence-corrected chi connectivity index (χ3v) is 3.93. The molecule has 2 atom stereocenters. The maximum atomic E-state index is 11.7. The Bertz CT molecular complexity index is 379. The van der Waals surface area contributed by atoms with Gasteiger partial charge in [-0.05, 0) is 29.3 Å². The summed E-state index contributed by atoms with van der Waals surface area (Å²) in [6, 6.07) is 1.93. The first-order valence-electron chi connectivity index (χ1n) is 5.72. The molecule has 1 aliphatic heterocycles. The molecule has 1 amide bonds. The van der Waals surface area contributed by atoms with Crippen molar-refractivity contribution in [1.29, 1.82) is 0 Å². The first kappa shape index (κ1) is 12.5. The van der Waals surface area contributed by atoms with Crippen LogP contribution in [0.3, 0.4) is 0 Å². The highest BCUT2D eigenvalue weighted by Gasteiger charge is 2.39. The molecule has 94 valence electrons. The molecular formula is C12H17NO3S. The van der Waals surface area contributed by atoms with Gasteiger partial charge in [-0.15, -0.1) is 0 Å². The molecule has 1 fully saturated rings. The van der Waals surface area contributed by atoms with Crippen LogP contribution >= 0.6 is 11.3 Å². The van der Waals surface area contributed by atoms with Gasteiger partial charge in [-0.2, -0.15) is 11.3 Å². The number of carbonyl (C=O) groups excluding carboxylic acids is 1. The Labute approximate surface area is 105 Å². The molecule has 0 radical (unpaired) electrons. The molecule has 1 aliphatic rings. The van der Waals surface area contributed by atoms with Gasteiger partial charge in [0.05, 0.1) is 12.5 Å². The summed E-state index contributed by atoms with van der Waals surface area (Å²) in [6.45, 7) is 2.65. The average molecular weight is 255 g/mol. The van der Waals surface area contributed by atoms with E-state index in [4.69, 9.17) is 4.74 Å². The zero-order valence-corrected chi connectivity index (χ0v) is 10.6. The van der Waals surface area contributed by atoms with E-state index in [0.29, 0.717) is 19.4 Å². The van der Waals surface area contributed by atoms with Gasteiger partial charge >= 0.3 is 0 Å². The number of rotatable bonds is 4. The van der Waals surface area contributed by atoms with Gasteiger partial charge in [0.25, 0.3) is 0 Å². The van der Waals surface area contributed by atoms with Crippen LogP contribution < -0.4 is 5.32 Å². The van der Waals surface area contributed by atoms with Gasteiger partial charge < -0.3 is 15.2 Å². The van der Waals surface area contributed by atoms with Crippen LogP contribution in [0.1, 0.15) is 18.9 Å². The number of hydrogen-bond donors (Lipinski definition) is 2. The van der Waals surface area contributed by atoms with Crippen LogP contribution in [-0.4, -0.2) is 35.9 Å². The predicted molar refractivity (Wildman–Crippen MR) is 66.0 cm³/mol. The van der Waals surface area contributed by atoms with Crippen molar-refractivity contribution in [3.63, 3.8) is 0 Å². The molecule has 0 saturated carbocycles. The van der Waals surface area contributed by atoms with Gasteiger partial charge in [-0.3, -0.25) is 4.79 Å². The standard InChI is InChI=1S/C12H17NO3S/c1-9-12(15,3-4-16-9)8-13-11(14)6-10-2-5-17-7-10/h2,5,7,9,15H,3-4,6,8H2,1H3,(H,13,14). The van der Waals surface area contributed by atoms with Crippen molar-refractivity contribution in [1.82, 2.24) is 5.32 Å². The summed E-state index contributed by atoms with van der Waals surface area (Å²) in [7, 11) is 0. The van der Waals surface area contributed by atoms with Gasteiger partial charge in [0, 0.05) is 19.6 Å². The molecule has 1 aromatic heterocycles. The van der Waals surface area contributed by atoms with Gasteiger partial charge in [-0.25, -0.2) is 0 Å². The Balaban J connectivity index is 1.80. The Morgan fingerprint density at radius 1 is 1.76 bits per heavy atom. The van der Waals surface area contributed by atoms with Crippen molar-refractivity contribution in [2.24, 2.45) is 0 Å². The zero-order chi connectivity index (χ0) is 12.3. The molecule has 0 aromatic carbocycles. The highest BCUT2D eigenvalue weighted by Crippen LogP contribution is 2.24. The molecule has 2 unspecified atom stereocenters. The molecule has 2 rings (SSSR count).